The van der Waals surface area contributed by atoms with E-state index in [2.05, 4.69) is 10.6 Å². The number of carbonyl (C=O) groups is 1. The third-order valence-electron chi connectivity index (χ3n) is 3.59. The Morgan fingerprint density at radius 1 is 1.50 bits per heavy atom. The van der Waals surface area contributed by atoms with Gasteiger partial charge in [0.05, 0.1) is 4.92 Å². The van der Waals surface area contributed by atoms with Crippen molar-refractivity contribution in [1.82, 2.24) is 10.6 Å². The zero-order chi connectivity index (χ0) is 14.5. The van der Waals surface area contributed by atoms with Gasteiger partial charge in [0.15, 0.2) is 0 Å². The number of nitrogens with one attached hydrogen (secondary N) is 2. The molecule has 1 unspecified atom stereocenters. The summed E-state index contributed by atoms with van der Waals surface area (Å²) in [6, 6.07) is 5.05. The first kappa shape index (κ1) is 14.5. The summed E-state index contributed by atoms with van der Waals surface area (Å²) in [7, 11) is 0. The minimum absolute atomic E-state index is 0.110. The summed E-state index contributed by atoms with van der Waals surface area (Å²) in [5.41, 5.74) is 0.519. The number of benzene rings is 1. The van der Waals surface area contributed by atoms with Crippen molar-refractivity contribution >= 4 is 11.6 Å². The van der Waals surface area contributed by atoms with Crippen molar-refractivity contribution in [2.24, 2.45) is 0 Å². The maximum Gasteiger partial charge on any atom is 0.285 e. The summed E-state index contributed by atoms with van der Waals surface area (Å²) < 4.78 is 0. The minimum atomic E-state index is -0.497. The van der Waals surface area contributed by atoms with Gasteiger partial charge in [0, 0.05) is 18.2 Å². The number of piperidine rings is 1. The van der Waals surface area contributed by atoms with Crippen LogP contribution in [0.1, 0.15) is 35.2 Å². The van der Waals surface area contributed by atoms with Gasteiger partial charge in [0.1, 0.15) is 5.56 Å². The number of nitro groups is 1. The quantitative estimate of drug-likeness (QED) is 0.649. The van der Waals surface area contributed by atoms with Gasteiger partial charge in [-0.1, -0.05) is 18.6 Å². The van der Waals surface area contributed by atoms with Gasteiger partial charge >= 0.3 is 0 Å². The maximum atomic E-state index is 12.1. The van der Waals surface area contributed by atoms with Gasteiger partial charge in [-0.15, -0.1) is 0 Å². The van der Waals surface area contributed by atoms with Crippen LogP contribution in [0.15, 0.2) is 18.2 Å². The van der Waals surface area contributed by atoms with Crippen LogP contribution in [0, 0.1) is 17.0 Å². The van der Waals surface area contributed by atoms with Gasteiger partial charge in [-0.3, -0.25) is 14.9 Å². The van der Waals surface area contributed by atoms with Gasteiger partial charge in [0.25, 0.3) is 11.6 Å². The first-order chi connectivity index (χ1) is 9.59. The van der Waals surface area contributed by atoms with Crippen molar-refractivity contribution in [3.63, 3.8) is 0 Å². The fourth-order valence-corrected chi connectivity index (χ4v) is 2.49. The van der Waals surface area contributed by atoms with E-state index in [0.29, 0.717) is 12.1 Å². The molecular weight excluding hydrogens is 258 g/mol. The fourth-order valence-electron chi connectivity index (χ4n) is 2.49. The molecule has 6 nitrogen and oxygen atoms in total. The van der Waals surface area contributed by atoms with Crippen LogP contribution in [0.2, 0.25) is 0 Å². The van der Waals surface area contributed by atoms with Crippen molar-refractivity contribution in [2.75, 3.05) is 13.1 Å². The first-order valence-corrected chi connectivity index (χ1v) is 6.85. The highest BCUT2D eigenvalue weighted by molar-refractivity contribution is 5.98. The largest absolute Gasteiger partial charge is 0.350 e. The Bertz CT molecular complexity index is 510. The Kier molecular flexibility index (Phi) is 4.68. The summed E-state index contributed by atoms with van der Waals surface area (Å²) >= 11 is 0. The molecule has 0 radical (unpaired) electrons. The van der Waals surface area contributed by atoms with Gasteiger partial charge in [0.2, 0.25) is 0 Å². The number of carbonyl (C=O) groups excluding carboxylic acids is 1. The number of para-hydroxylation sites is 1. The molecule has 1 aliphatic heterocycles. The molecule has 0 aromatic heterocycles. The maximum absolute atomic E-state index is 12.1. The second kappa shape index (κ2) is 6.47. The molecule has 108 valence electrons. The lowest BCUT2D eigenvalue weighted by Crippen LogP contribution is -2.43. The van der Waals surface area contributed by atoms with Crippen LogP contribution in [-0.2, 0) is 0 Å². The average molecular weight is 277 g/mol. The number of aryl methyl sites for hydroxylation is 1. The molecule has 2 rings (SSSR count). The summed E-state index contributed by atoms with van der Waals surface area (Å²) in [6.07, 6.45) is 3.34. The van der Waals surface area contributed by atoms with Crippen LogP contribution < -0.4 is 10.6 Å². The Labute approximate surface area is 117 Å². The third kappa shape index (κ3) is 3.33. The molecule has 6 heteroatoms. The standard InChI is InChI=1S/C14H19N3O3/c1-10-5-4-7-12(13(10)17(19)20)14(18)16-9-11-6-2-3-8-15-11/h4-5,7,11,15H,2-3,6,8-9H2,1H3,(H,16,18). The highest BCUT2D eigenvalue weighted by Gasteiger charge is 2.23. The zero-order valence-corrected chi connectivity index (χ0v) is 11.5. The van der Waals surface area contributed by atoms with Crippen LogP contribution in [0.3, 0.4) is 0 Å². The lowest BCUT2D eigenvalue weighted by Gasteiger charge is -2.23. The summed E-state index contributed by atoms with van der Waals surface area (Å²) in [6.45, 7) is 3.10. The Hall–Kier alpha value is -1.95. The van der Waals surface area contributed by atoms with Crippen LogP contribution in [0.25, 0.3) is 0 Å². The van der Waals surface area contributed by atoms with Crippen LogP contribution in [0.4, 0.5) is 5.69 Å². The predicted molar refractivity (Wildman–Crippen MR) is 75.8 cm³/mol. The number of hydrogen-bond acceptors (Lipinski definition) is 4. The third-order valence-corrected chi connectivity index (χ3v) is 3.59. The van der Waals surface area contributed by atoms with Gasteiger partial charge < -0.3 is 10.6 Å². The van der Waals surface area contributed by atoms with Crippen LogP contribution in [-0.4, -0.2) is 30.0 Å². The first-order valence-electron chi connectivity index (χ1n) is 6.85. The van der Waals surface area contributed by atoms with Crippen molar-refractivity contribution in [1.29, 1.82) is 0 Å². The fraction of sp³-hybridized carbons (Fsp3) is 0.500. The van der Waals surface area contributed by atoms with Crippen molar-refractivity contribution in [3.8, 4) is 0 Å². The van der Waals surface area contributed by atoms with E-state index in [1.54, 1.807) is 19.1 Å². The Balaban J connectivity index is 2.05. The van der Waals surface area contributed by atoms with Crippen LogP contribution >= 0.6 is 0 Å². The molecule has 0 spiro atoms. The second-order valence-electron chi connectivity index (χ2n) is 5.09. The number of nitrogens with zero attached hydrogens (tertiary/aromatic N) is 1. The lowest BCUT2D eigenvalue weighted by molar-refractivity contribution is -0.385. The number of hydrogen-bond donors (Lipinski definition) is 2. The summed E-state index contributed by atoms with van der Waals surface area (Å²) in [4.78, 5) is 22.7. The molecule has 1 heterocycles. The average Bonchev–Trinajstić information content (AvgIpc) is 2.45. The SMILES string of the molecule is Cc1cccc(C(=O)NCC2CCCCN2)c1[N+](=O)[O-]. The van der Waals surface area contributed by atoms with E-state index >= 15 is 0 Å². The Morgan fingerprint density at radius 2 is 2.30 bits per heavy atom. The van der Waals surface area contributed by atoms with E-state index in [0.717, 1.165) is 25.8 Å². The highest BCUT2D eigenvalue weighted by Crippen LogP contribution is 2.22. The summed E-state index contributed by atoms with van der Waals surface area (Å²) in [5.74, 6) is -0.382. The molecule has 20 heavy (non-hydrogen) atoms. The predicted octanol–water partition coefficient (Wildman–Crippen LogP) is 1.78. The molecule has 2 N–H and O–H groups in total. The number of amides is 1. The topological polar surface area (TPSA) is 84.3 Å². The molecule has 1 aromatic carbocycles. The van der Waals surface area contributed by atoms with Gasteiger partial charge in [-0.05, 0) is 32.4 Å². The molecule has 1 aliphatic rings. The normalized spacial score (nSPS) is 18.6. The number of nitro benzene ring substituents is 1. The van der Waals surface area contributed by atoms with E-state index in [9.17, 15) is 14.9 Å². The molecule has 0 bridgehead atoms. The Morgan fingerprint density at radius 3 is 2.95 bits per heavy atom. The molecule has 1 saturated heterocycles. The van der Waals surface area contributed by atoms with Crippen molar-refractivity contribution in [3.05, 3.63) is 39.4 Å². The zero-order valence-electron chi connectivity index (χ0n) is 11.5. The van der Waals surface area contributed by atoms with E-state index in [4.69, 9.17) is 0 Å². The van der Waals surface area contributed by atoms with Gasteiger partial charge in [-0.2, -0.15) is 0 Å². The molecular formula is C14H19N3O3. The molecule has 1 aromatic rings. The minimum Gasteiger partial charge on any atom is -0.350 e. The highest BCUT2D eigenvalue weighted by atomic mass is 16.6. The smallest absolute Gasteiger partial charge is 0.285 e. The monoisotopic (exact) mass is 277 g/mol. The van der Waals surface area contributed by atoms with E-state index in [1.807, 2.05) is 0 Å². The second-order valence-corrected chi connectivity index (χ2v) is 5.09. The van der Waals surface area contributed by atoms with E-state index in [-0.39, 0.29) is 23.2 Å². The van der Waals surface area contributed by atoms with Crippen LogP contribution in [0.5, 0.6) is 0 Å². The van der Waals surface area contributed by atoms with E-state index < -0.39 is 4.92 Å². The summed E-state index contributed by atoms with van der Waals surface area (Å²) in [5, 5.41) is 17.2. The number of rotatable bonds is 4. The van der Waals surface area contributed by atoms with Gasteiger partial charge in [-0.25, -0.2) is 0 Å². The van der Waals surface area contributed by atoms with Crippen molar-refractivity contribution in [2.45, 2.75) is 32.2 Å². The molecule has 1 fully saturated rings. The van der Waals surface area contributed by atoms with E-state index in [1.165, 1.54) is 6.07 Å². The molecule has 1 atom stereocenters. The van der Waals surface area contributed by atoms with Crippen molar-refractivity contribution < 1.29 is 9.72 Å². The molecule has 1 amide bonds. The lowest BCUT2D eigenvalue weighted by atomic mass is 10.0. The molecule has 0 aliphatic carbocycles. The molecule has 0 saturated carbocycles.